The van der Waals surface area contributed by atoms with E-state index in [0.717, 1.165) is 5.56 Å². The van der Waals surface area contributed by atoms with Crippen LogP contribution in [0.1, 0.15) is 11.1 Å². The minimum Gasteiger partial charge on any atom is -0.394 e. The Balaban J connectivity index is 2.51. The van der Waals surface area contributed by atoms with Gasteiger partial charge in [0.05, 0.1) is 6.61 Å². The van der Waals surface area contributed by atoms with Gasteiger partial charge in [0.1, 0.15) is 24.4 Å². The Bertz CT molecular complexity index is 463. The molecule has 1 aromatic carbocycles. The normalized spacial score (nSPS) is 37.9. The smallest absolute Gasteiger partial charge is 0.224 e. The van der Waals surface area contributed by atoms with Crippen molar-refractivity contribution in [2.75, 3.05) is 13.7 Å². The first-order valence-corrected chi connectivity index (χ1v) is 6.42. The maximum atomic E-state index is 10.3. The van der Waals surface area contributed by atoms with Gasteiger partial charge in [-0.25, -0.2) is 0 Å². The van der Waals surface area contributed by atoms with E-state index >= 15 is 0 Å². The zero-order valence-corrected chi connectivity index (χ0v) is 11.4. The highest BCUT2D eigenvalue weighted by atomic mass is 16.7. The van der Waals surface area contributed by atoms with Crippen molar-refractivity contribution in [3.63, 3.8) is 0 Å². The lowest BCUT2D eigenvalue weighted by molar-refractivity contribution is -0.366. The number of aliphatic hydroxyl groups excluding tert-OH is 4. The van der Waals surface area contributed by atoms with Crippen LogP contribution in [0.2, 0.25) is 0 Å². The molecule has 5 atom stereocenters. The fraction of sp³-hybridized carbons (Fsp3) is 0.571. The molecule has 1 aromatic rings. The van der Waals surface area contributed by atoms with Gasteiger partial charge in [-0.15, -0.1) is 0 Å². The highest BCUT2D eigenvalue weighted by molar-refractivity contribution is 5.32. The molecule has 0 spiro atoms. The number of benzene rings is 1. The topological polar surface area (TPSA) is 99.4 Å². The number of aryl methyl sites for hydroxylation is 1. The molecule has 0 aromatic heterocycles. The SMILES string of the molecule is CO[C@@]1(c2ccccc2C)O[C@H](CO)[C@@H](O)[C@H](O)[C@H]1O. The molecule has 112 valence electrons. The number of hydrogen-bond acceptors (Lipinski definition) is 6. The van der Waals surface area contributed by atoms with Crippen molar-refractivity contribution in [3.05, 3.63) is 35.4 Å². The Morgan fingerprint density at radius 1 is 1.20 bits per heavy atom. The van der Waals surface area contributed by atoms with E-state index in [4.69, 9.17) is 9.47 Å². The average molecular weight is 284 g/mol. The van der Waals surface area contributed by atoms with Crippen LogP contribution in [0.15, 0.2) is 24.3 Å². The fourth-order valence-corrected chi connectivity index (χ4v) is 2.61. The highest BCUT2D eigenvalue weighted by Gasteiger charge is 2.55. The van der Waals surface area contributed by atoms with Crippen molar-refractivity contribution < 1.29 is 29.9 Å². The molecule has 0 aliphatic carbocycles. The lowest BCUT2D eigenvalue weighted by atomic mass is 9.86. The van der Waals surface area contributed by atoms with Gasteiger partial charge >= 0.3 is 0 Å². The molecule has 1 heterocycles. The molecule has 0 bridgehead atoms. The Morgan fingerprint density at radius 3 is 2.40 bits per heavy atom. The van der Waals surface area contributed by atoms with Gasteiger partial charge in [0.2, 0.25) is 5.79 Å². The molecule has 6 heteroatoms. The quantitative estimate of drug-likeness (QED) is 0.584. The van der Waals surface area contributed by atoms with Gasteiger partial charge in [-0.05, 0) is 12.5 Å². The third kappa shape index (κ3) is 2.24. The number of aliphatic hydroxyl groups is 4. The summed E-state index contributed by atoms with van der Waals surface area (Å²) < 4.78 is 11.0. The van der Waals surface area contributed by atoms with Crippen LogP contribution >= 0.6 is 0 Å². The molecule has 0 amide bonds. The van der Waals surface area contributed by atoms with Crippen LogP contribution in [0.4, 0.5) is 0 Å². The Morgan fingerprint density at radius 2 is 1.85 bits per heavy atom. The van der Waals surface area contributed by atoms with E-state index in [9.17, 15) is 20.4 Å². The molecule has 0 radical (unpaired) electrons. The predicted molar refractivity (Wildman–Crippen MR) is 69.8 cm³/mol. The highest BCUT2D eigenvalue weighted by Crippen LogP contribution is 2.40. The van der Waals surface area contributed by atoms with Gasteiger partial charge in [0.15, 0.2) is 0 Å². The van der Waals surface area contributed by atoms with Gasteiger partial charge < -0.3 is 29.9 Å². The summed E-state index contributed by atoms with van der Waals surface area (Å²) >= 11 is 0. The number of methoxy groups -OCH3 is 1. The van der Waals surface area contributed by atoms with Gasteiger partial charge in [-0.1, -0.05) is 24.3 Å². The largest absolute Gasteiger partial charge is 0.394 e. The second kappa shape index (κ2) is 5.77. The summed E-state index contributed by atoms with van der Waals surface area (Å²) in [5.41, 5.74) is 1.34. The summed E-state index contributed by atoms with van der Waals surface area (Å²) in [6, 6.07) is 7.11. The van der Waals surface area contributed by atoms with Crippen molar-refractivity contribution in [3.8, 4) is 0 Å². The molecule has 20 heavy (non-hydrogen) atoms. The molecule has 6 nitrogen and oxygen atoms in total. The van der Waals surface area contributed by atoms with Gasteiger partial charge in [0, 0.05) is 12.7 Å². The van der Waals surface area contributed by atoms with E-state index in [1.165, 1.54) is 7.11 Å². The summed E-state index contributed by atoms with van der Waals surface area (Å²) in [5, 5.41) is 39.4. The first-order chi connectivity index (χ1) is 9.47. The molecule has 1 fully saturated rings. The molecular formula is C14H20O6. The Hall–Kier alpha value is -1.02. The van der Waals surface area contributed by atoms with Gasteiger partial charge in [-0.3, -0.25) is 0 Å². The second-order valence-corrected chi connectivity index (χ2v) is 4.95. The molecule has 1 aliphatic heterocycles. The summed E-state index contributed by atoms with van der Waals surface area (Å²) in [6.07, 6.45) is -5.40. The van der Waals surface area contributed by atoms with Crippen LogP contribution in [-0.4, -0.2) is 58.6 Å². The van der Waals surface area contributed by atoms with Crippen LogP contribution in [0, 0.1) is 6.92 Å². The third-order valence-corrected chi connectivity index (χ3v) is 3.77. The maximum Gasteiger partial charge on any atom is 0.224 e. The van der Waals surface area contributed by atoms with Crippen molar-refractivity contribution in [1.29, 1.82) is 0 Å². The van der Waals surface area contributed by atoms with E-state index in [1.807, 2.05) is 19.1 Å². The first kappa shape index (κ1) is 15.4. The molecule has 0 saturated carbocycles. The zero-order chi connectivity index (χ0) is 14.9. The second-order valence-electron chi connectivity index (χ2n) is 4.95. The minimum atomic E-state index is -1.63. The molecule has 1 saturated heterocycles. The Kier molecular flexibility index (Phi) is 4.43. The van der Waals surface area contributed by atoms with Crippen molar-refractivity contribution in [1.82, 2.24) is 0 Å². The predicted octanol–water partition coefficient (Wildman–Crippen LogP) is -0.732. The van der Waals surface area contributed by atoms with Crippen molar-refractivity contribution in [2.45, 2.75) is 37.1 Å². The van der Waals surface area contributed by atoms with Crippen LogP contribution in [0.3, 0.4) is 0 Å². The van der Waals surface area contributed by atoms with Gasteiger partial charge in [-0.2, -0.15) is 0 Å². The van der Waals surface area contributed by atoms with Crippen LogP contribution in [-0.2, 0) is 15.3 Å². The summed E-state index contributed by atoms with van der Waals surface area (Å²) in [4.78, 5) is 0. The molecule has 4 N–H and O–H groups in total. The lowest BCUT2D eigenvalue weighted by Crippen LogP contribution is -2.64. The zero-order valence-electron chi connectivity index (χ0n) is 11.4. The van der Waals surface area contributed by atoms with E-state index < -0.39 is 36.8 Å². The van der Waals surface area contributed by atoms with Crippen molar-refractivity contribution >= 4 is 0 Å². The van der Waals surface area contributed by atoms with Gasteiger partial charge in [0.25, 0.3) is 0 Å². The average Bonchev–Trinajstić information content (AvgIpc) is 2.47. The lowest BCUT2D eigenvalue weighted by Gasteiger charge is -2.48. The summed E-state index contributed by atoms with van der Waals surface area (Å²) in [6.45, 7) is 1.32. The number of rotatable bonds is 3. The third-order valence-electron chi connectivity index (χ3n) is 3.77. The Labute approximate surface area is 117 Å². The van der Waals surface area contributed by atoms with E-state index in [0.29, 0.717) is 5.56 Å². The fourth-order valence-electron chi connectivity index (χ4n) is 2.61. The number of ether oxygens (including phenoxy) is 2. The van der Waals surface area contributed by atoms with E-state index in [1.54, 1.807) is 12.1 Å². The first-order valence-electron chi connectivity index (χ1n) is 6.42. The summed E-state index contributed by atoms with van der Waals surface area (Å²) in [7, 11) is 1.34. The summed E-state index contributed by atoms with van der Waals surface area (Å²) in [5.74, 6) is -1.63. The van der Waals surface area contributed by atoms with E-state index in [2.05, 4.69) is 0 Å². The standard InChI is InChI=1S/C14H20O6/c1-8-5-3-4-6-9(8)14(19-2)13(18)12(17)11(16)10(7-15)20-14/h3-6,10-13,15-18H,7H2,1-2H3/t10-,11-,12+,13-,14+/m1/s1. The molecule has 2 rings (SSSR count). The van der Waals surface area contributed by atoms with Crippen LogP contribution < -0.4 is 0 Å². The van der Waals surface area contributed by atoms with Crippen LogP contribution in [0.25, 0.3) is 0 Å². The van der Waals surface area contributed by atoms with Crippen molar-refractivity contribution in [2.24, 2.45) is 0 Å². The molecule has 1 aliphatic rings. The molecular weight excluding hydrogens is 264 g/mol. The molecule has 0 unspecified atom stereocenters. The maximum absolute atomic E-state index is 10.3. The monoisotopic (exact) mass is 284 g/mol. The van der Waals surface area contributed by atoms with Crippen LogP contribution in [0.5, 0.6) is 0 Å². The minimum absolute atomic E-state index is 0.498. The number of hydrogen-bond donors (Lipinski definition) is 4. The van der Waals surface area contributed by atoms with E-state index in [-0.39, 0.29) is 0 Å².